The Hall–Kier alpha value is -0.340. The summed E-state index contributed by atoms with van der Waals surface area (Å²) >= 11 is 3.57. The standard InChI is InChI=1S/C14H17BrO/c1-9(2)12-8-16-14(5-6-14)13-7-10(15)3-4-11(12)13/h3-4,7,9,12H,5-6,8H2,1-2H3/t12-/m1/s1. The molecule has 0 aromatic heterocycles. The van der Waals surface area contributed by atoms with Gasteiger partial charge in [-0.15, -0.1) is 0 Å². The molecule has 16 heavy (non-hydrogen) atoms. The fraction of sp³-hybridized carbons (Fsp3) is 0.571. The summed E-state index contributed by atoms with van der Waals surface area (Å²) in [5, 5.41) is 0. The molecular weight excluding hydrogens is 264 g/mol. The van der Waals surface area contributed by atoms with Gasteiger partial charge in [-0.05, 0) is 42.0 Å². The van der Waals surface area contributed by atoms with Crippen LogP contribution in [0, 0.1) is 5.92 Å². The summed E-state index contributed by atoms with van der Waals surface area (Å²) in [4.78, 5) is 0. The first kappa shape index (κ1) is 10.8. The van der Waals surface area contributed by atoms with Crippen LogP contribution in [-0.2, 0) is 10.3 Å². The Kier molecular flexibility index (Phi) is 2.41. The number of hydrogen-bond acceptors (Lipinski definition) is 1. The quantitative estimate of drug-likeness (QED) is 0.749. The fourth-order valence-electron chi connectivity index (χ4n) is 2.74. The molecule has 0 saturated heterocycles. The fourth-order valence-corrected chi connectivity index (χ4v) is 3.10. The van der Waals surface area contributed by atoms with Crippen LogP contribution in [0.3, 0.4) is 0 Å². The van der Waals surface area contributed by atoms with E-state index in [1.807, 2.05) is 0 Å². The average molecular weight is 281 g/mol. The highest BCUT2D eigenvalue weighted by Gasteiger charge is 2.50. The number of ether oxygens (including phenoxy) is 1. The third-order valence-electron chi connectivity index (χ3n) is 3.95. The van der Waals surface area contributed by atoms with E-state index in [1.165, 1.54) is 28.4 Å². The van der Waals surface area contributed by atoms with Crippen molar-refractivity contribution in [1.29, 1.82) is 0 Å². The van der Waals surface area contributed by atoms with E-state index in [0.29, 0.717) is 11.8 Å². The van der Waals surface area contributed by atoms with E-state index in [2.05, 4.69) is 48.0 Å². The van der Waals surface area contributed by atoms with Crippen molar-refractivity contribution < 1.29 is 4.74 Å². The van der Waals surface area contributed by atoms with Gasteiger partial charge in [-0.1, -0.05) is 35.8 Å². The van der Waals surface area contributed by atoms with E-state index in [9.17, 15) is 0 Å². The molecule has 86 valence electrons. The topological polar surface area (TPSA) is 9.23 Å². The van der Waals surface area contributed by atoms with Crippen molar-refractivity contribution in [3.05, 3.63) is 33.8 Å². The zero-order valence-electron chi connectivity index (χ0n) is 9.79. The van der Waals surface area contributed by atoms with E-state index in [1.54, 1.807) is 0 Å². The molecule has 1 saturated carbocycles. The van der Waals surface area contributed by atoms with Gasteiger partial charge in [0.15, 0.2) is 0 Å². The number of fused-ring (bicyclic) bond motifs is 2. The highest BCUT2D eigenvalue weighted by Crippen LogP contribution is 2.55. The maximum atomic E-state index is 6.11. The minimum atomic E-state index is 0.0878. The maximum Gasteiger partial charge on any atom is 0.0937 e. The van der Waals surface area contributed by atoms with Gasteiger partial charge in [0.1, 0.15) is 0 Å². The van der Waals surface area contributed by atoms with Crippen LogP contribution in [0.5, 0.6) is 0 Å². The first-order valence-corrected chi connectivity index (χ1v) is 6.85. The van der Waals surface area contributed by atoms with Crippen LogP contribution in [0.4, 0.5) is 0 Å². The van der Waals surface area contributed by atoms with Crippen LogP contribution in [0.2, 0.25) is 0 Å². The van der Waals surface area contributed by atoms with Crippen molar-refractivity contribution >= 4 is 15.9 Å². The molecule has 1 aliphatic heterocycles. The van der Waals surface area contributed by atoms with Crippen molar-refractivity contribution in [2.24, 2.45) is 5.92 Å². The van der Waals surface area contributed by atoms with Crippen LogP contribution in [0.1, 0.15) is 43.7 Å². The SMILES string of the molecule is CC(C)[C@H]1COC2(CC2)c2cc(Br)ccc21. The molecule has 1 fully saturated rings. The Bertz CT molecular complexity index is 421. The zero-order chi connectivity index (χ0) is 11.3. The largest absolute Gasteiger partial charge is 0.370 e. The molecule has 1 nitrogen and oxygen atoms in total. The minimum absolute atomic E-state index is 0.0878. The van der Waals surface area contributed by atoms with Crippen molar-refractivity contribution in [2.75, 3.05) is 6.61 Å². The molecule has 0 bridgehead atoms. The summed E-state index contributed by atoms with van der Waals surface area (Å²) < 4.78 is 7.28. The van der Waals surface area contributed by atoms with Gasteiger partial charge >= 0.3 is 0 Å². The average Bonchev–Trinajstić information content (AvgIpc) is 3.00. The summed E-state index contributed by atoms with van der Waals surface area (Å²) in [7, 11) is 0. The van der Waals surface area contributed by atoms with Gasteiger partial charge in [-0.2, -0.15) is 0 Å². The van der Waals surface area contributed by atoms with Crippen molar-refractivity contribution in [1.82, 2.24) is 0 Å². The Morgan fingerprint density at radius 3 is 2.75 bits per heavy atom. The molecule has 1 heterocycles. The summed E-state index contributed by atoms with van der Waals surface area (Å²) in [5.74, 6) is 1.21. The maximum absolute atomic E-state index is 6.11. The van der Waals surface area contributed by atoms with Crippen LogP contribution >= 0.6 is 15.9 Å². The molecule has 0 N–H and O–H groups in total. The van der Waals surface area contributed by atoms with Gasteiger partial charge in [0, 0.05) is 10.4 Å². The Balaban J connectivity index is 2.10. The number of benzene rings is 1. The van der Waals surface area contributed by atoms with Crippen LogP contribution < -0.4 is 0 Å². The monoisotopic (exact) mass is 280 g/mol. The van der Waals surface area contributed by atoms with Crippen LogP contribution in [-0.4, -0.2) is 6.61 Å². The lowest BCUT2D eigenvalue weighted by Gasteiger charge is -2.34. The lowest BCUT2D eigenvalue weighted by atomic mass is 9.82. The van der Waals surface area contributed by atoms with Crippen molar-refractivity contribution in [3.8, 4) is 0 Å². The second-order valence-electron chi connectivity index (χ2n) is 5.39. The molecular formula is C14H17BrO. The lowest BCUT2D eigenvalue weighted by molar-refractivity contribution is -0.00162. The van der Waals surface area contributed by atoms with Crippen molar-refractivity contribution in [3.63, 3.8) is 0 Å². The van der Waals surface area contributed by atoms with Crippen LogP contribution in [0.25, 0.3) is 0 Å². The minimum Gasteiger partial charge on any atom is -0.370 e. The molecule has 3 rings (SSSR count). The Labute approximate surface area is 105 Å². The highest BCUT2D eigenvalue weighted by atomic mass is 79.9. The summed E-state index contributed by atoms with van der Waals surface area (Å²) in [6.07, 6.45) is 2.39. The van der Waals surface area contributed by atoms with Gasteiger partial charge in [0.05, 0.1) is 12.2 Å². The summed E-state index contributed by atoms with van der Waals surface area (Å²) in [5.41, 5.74) is 3.04. The molecule has 1 aromatic rings. The third-order valence-corrected chi connectivity index (χ3v) is 4.45. The first-order valence-electron chi connectivity index (χ1n) is 6.06. The normalized spacial score (nSPS) is 25.9. The molecule has 1 aliphatic carbocycles. The van der Waals surface area contributed by atoms with Gasteiger partial charge in [-0.25, -0.2) is 0 Å². The second kappa shape index (κ2) is 3.58. The lowest BCUT2D eigenvalue weighted by Crippen LogP contribution is -2.28. The van der Waals surface area contributed by atoms with Gasteiger partial charge in [0.2, 0.25) is 0 Å². The Morgan fingerprint density at radius 2 is 2.12 bits per heavy atom. The Morgan fingerprint density at radius 1 is 1.38 bits per heavy atom. The molecule has 1 spiro atoms. The van der Waals surface area contributed by atoms with E-state index < -0.39 is 0 Å². The molecule has 1 atom stereocenters. The van der Waals surface area contributed by atoms with Gasteiger partial charge < -0.3 is 4.74 Å². The van der Waals surface area contributed by atoms with Gasteiger partial charge in [0.25, 0.3) is 0 Å². The second-order valence-corrected chi connectivity index (χ2v) is 6.30. The molecule has 2 aliphatic rings. The molecule has 0 radical (unpaired) electrons. The third kappa shape index (κ3) is 1.54. The van der Waals surface area contributed by atoms with Crippen LogP contribution in [0.15, 0.2) is 22.7 Å². The van der Waals surface area contributed by atoms with Crippen molar-refractivity contribution in [2.45, 2.75) is 38.2 Å². The molecule has 0 unspecified atom stereocenters. The predicted molar refractivity (Wildman–Crippen MR) is 68.6 cm³/mol. The van der Waals surface area contributed by atoms with E-state index in [-0.39, 0.29) is 5.60 Å². The smallest absolute Gasteiger partial charge is 0.0937 e. The van der Waals surface area contributed by atoms with E-state index in [0.717, 1.165) is 6.61 Å². The number of hydrogen-bond donors (Lipinski definition) is 0. The molecule has 0 amide bonds. The highest BCUT2D eigenvalue weighted by molar-refractivity contribution is 9.10. The van der Waals surface area contributed by atoms with Gasteiger partial charge in [-0.3, -0.25) is 0 Å². The summed E-state index contributed by atoms with van der Waals surface area (Å²) in [6.45, 7) is 5.46. The predicted octanol–water partition coefficient (Wildman–Crippen LogP) is 4.21. The zero-order valence-corrected chi connectivity index (χ0v) is 11.4. The van der Waals surface area contributed by atoms with E-state index >= 15 is 0 Å². The first-order chi connectivity index (χ1) is 7.62. The molecule has 2 heteroatoms. The van der Waals surface area contributed by atoms with E-state index in [4.69, 9.17) is 4.74 Å². The number of halogens is 1. The summed E-state index contributed by atoms with van der Waals surface area (Å²) in [6, 6.07) is 6.71. The number of rotatable bonds is 1. The molecule has 1 aromatic carbocycles.